The maximum Gasteiger partial charge on any atom is 0.320 e. The van der Waals surface area contributed by atoms with Crippen molar-refractivity contribution < 1.29 is 9.90 Å². The van der Waals surface area contributed by atoms with E-state index < -0.39 is 12.0 Å². The molecular weight excluding hydrogens is 326 g/mol. The fraction of sp³-hybridized carbons (Fsp3) is 0.429. The number of nitrogens with zero attached hydrogens (tertiary/aromatic N) is 3. The van der Waals surface area contributed by atoms with Crippen molar-refractivity contribution in [1.29, 1.82) is 0 Å². The van der Waals surface area contributed by atoms with Crippen LogP contribution in [0.3, 0.4) is 0 Å². The Morgan fingerprint density at radius 3 is 2.58 bits per heavy atom. The van der Waals surface area contributed by atoms with Gasteiger partial charge in [0.2, 0.25) is 0 Å². The first-order valence-corrected chi connectivity index (χ1v) is 9.15. The Bertz CT molecular complexity index is 758. The van der Waals surface area contributed by atoms with Crippen LogP contribution in [0.5, 0.6) is 0 Å². The normalized spacial score (nSPS) is 19.1. The molecule has 2 aromatic rings. The Kier molecular flexibility index (Phi) is 5.57. The molecule has 1 aliphatic heterocycles. The highest BCUT2D eigenvalue weighted by atomic mass is 16.4. The van der Waals surface area contributed by atoms with E-state index in [1.54, 1.807) is 6.20 Å². The van der Waals surface area contributed by atoms with E-state index in [2.05, 4.69) is 39.0 Å². The summed E-state index contributed by atoms with van der Waals surface area (Å²) < 4.78 is 0. The van der Waals surface area contributed by atoms with Crippen LogP contribution in [0.15, 0.2) is 42.7 Å². The lowest BCUT2D eigenvalue weighted by Crippen LogP contribution is -2.47. The van der Waals surface area contributed by atoms with Crippen molar-refractivity contribution in [2.24, 2.45) is 0 Å². The summed E-state index contributed by atoms with van der Waals surface area (Å²) in [6.45, 7) is 2.84. The molecule has 0 aliphatic carbocycles. The van der Waals surface area contributed by atoms with Crippen LogP contribution in [0, 0.1) is 6.92 Å². The van der Waals surface area contributed by atoms with Gasteiger partial charge in [0.1, 0.15) is 6.04 Å². The highest BCUT2D eigenvalue weighted by Gasteiger charge is 2.35. The average Bonchev–Trinajstić information content (AvgIpc) is 2.64. The number of aromatic nitrogens is 1. The fourth-order valence-electron chi connectivity index (χ4n) is 3.82. The predicted octanol–water partition coefficient (Wildman–Crippen LogP) is 3.48. The molecule has 1 aromatic heterocycles. The number of carboxylic acids is 1. The van der Waals surface area contributed by atoms with Crippen molar-refractivity contribution in [2.45, 2.75) is 38.3 Å². The molecule has 26 heavy (non-hydrogen) atoms. The molecule has 2 unspecified atom stereocenters. The number of carboxylic acid groups (broad SMARTS) is 1. The molecular formula is C21H27N3O2. The average molecular weight is 353 g/mol. The first-order chi connectivity index (χ1) is 12.5. The number of hydrogen-bond acceptors (Lipinski definition) is 4. The molecule has 1 aromatic carbocycles. The second-order valence-electron chi connectivity index (χ2n) is 7.21. The van der Waals surface area contributed by atoms with E-state index in [9.17, 15) is 9.90 Å². The molecule has 2 atom stereocenters. The van der Waals surface area contributed by atoms with Crippen LogP contribution >= 0.6 is 0 Å². The van der Waals surface area contributed by atoms with E-state index in [1.807, 2.05) is 33.3 Å². The van der Waals surface area contributed by atoms with E-state index >= 15 is 0 Å². The van der Waals surface area contributed by atoms with Crippen molar-refractivity contribution in [2.75, 3.05) is 25.5 Å². The number of rotatable bonds is 5. The van der Waals surface area contributed by atoms with Crippen LogP contribution in [0.4, 0.5) is 5.69 Å². The van der Waals surface area contributed by atoms with Crippen LogP contribution in [-0.4, -0.2) is 47.6 Å². The number of aryl methyl sites for hydroxylation is 1. The van der Waals surface area contributed by atoms with Gasteiger partial charge in [-0.05, 0) is 61.2 Å². The third-order valence-electron chi connectivity index (χ3n) is 5.24. The molecule has 1 saturated heterocycles. The molecule has 138 valence electrons. The van der Waals surface area contributed by atoms with Crippen molar-refractivity contribution in [1.82, 2.24) is 9.88 Å². The van der Waals surface area contributed by atoms with Gasteiger partial charge in [-0.25, -0.2) is 0 Å². The number of anilines is 1. The van der Waals surface area contributed by atoms with Gasteiger partial charge >= 0.3 is 5.97 Å². The molecule has 3 rings (SSSR count). The summed E-state index contributed by atoms with van der Waals surface area (Å²) in [7, 11) is 4.04. The third-order valence-corrected chi connectivity index (χ3v) is 5.24. The lowest BCUT2D eigenvalue weighted by Gasteiger charge is -2.40. The highest BCUT2D eigenvalue weighted by Crippen LogP contribution is 2.36. The number of carbonyl (C=O) groups is 1. The lowest BCUT2D eigenvalue weighted by molar-refractivity contribution is -0.145. The summed E-state index contributed by atoms with van der Waals surface area (Å²) in [5, 5.41) is 9.78. The van der Waals surface area contributed by atoms with Gasteiger partial charge < -0.3 is 10.0 Å². The minimum absolute atomic E-state index is 0.0735. The molecule has 0 spiro atoms. The lowest BCUT2D eigenvalue weighted by atomic mass is 9.90. The summed E-state index contributed by atoms with van der Waals surface area (Å²) in [6.07, 6.45) is 6.35. The van der Waals surface area contributed by atoms with Gasteiger partial charge in [0.15, 0.2) is 0 Å². The van der Waals surface area contributed by atoms with Gasteiger partial charge in [-0.15, -0.1) is 0 Å². The number of piperidine rings is 1. The third kappa shape index (κ3) is 3.73. The fourth-order valence-corrected chi connectivity index (χ4v) is 3.82. The van der Waals surface area contributed by atoms with Crippen LogP contribution in [0.1, 0.15) is 42.0 Å². The van der Waals surface area contributed by atoms with E-state index in [1.165, 1.54) is 0 Å². The van der Waals surface area contributed by atoms with Crippen LogP contribution < -0.4 is 4.90 Å². The largest absolute Gasteiger partial charge is 0.480 e. The zero-order chi connectivity index (χ0) is 18.7. The number of benzene rings is 1. The Morgan fingerprint density at radius 1 is 1.23 bits per heavy atom. The summed E-state index contributed by atoms with van der Waals surface area (Å²) >= 11 is 0. The minimum atomic E-state index is -0.730. The SMILES string of the molecule is Cc1cnccc1C(c1ccc(N(C)C)cc1)N1CCCCC1C(=O)O. The number of hydrogen-bond donors (Lipinski definition) is 1. The highest BCUT2D eigenvalue weighted by molar-refractivity contribution is 5.73. The second kappa shape index (κ2) is 7.87. The van der Waals surface area contributed by atoms with Gasteiger partial charge in [-0.2, -0.15) is 0 Å². The van der Waals surface area contributed by atoms with Gasteiger partial charge in [0, 0.05) is 32.2 Å². The maximum absolute atomic E-state index is 11.9. The Balaban J connectivity index is 2.07. The molecule has 1 fully saturated rings. The summed E-state index contributed by atoms with van der Waals surface area (Å²) in [5.74, 6) is -0.730. The predicted molar refractivity (Wildman–Crippen MR) is 104 cm³/mol. The van der Waals surface area contributed by atoms with Crippen LogP contribution in [0.25, 0.3) is 0 Å². The minimum Gasteiger partial charge on any atom is -0.480 e. The molecule has 5 nitrogen and oxygen atoms in total. The van der Waals surface area contributed by atoms with Crippen LogP contribution in [0.2, 0.25) is 0 Å². The molecule has 0 amide bonds. The molecule has 0 saturated carbocycles. The molecule has 5 heteroatoms. The maximum atomic E-state index is 11.9. The van der Waals surface area contributed by atoms with Crippen molar-refractivity contribution in [3.8, 4) is 0 Å². The number of pyridine rings is 1. The van der Waals surface area contributed by atoms with E-state index in [-0.39, 0.29) is 6.04 Å². The van der Waals surface area contributed by atoms with Crippen molar-refractivity contribution in [3.05, 3.63) is 59.4 Å². The smallest absolute Gasteiger partial charge is 0.320 e. The Labute approximate surface area is 155 Å². The Morgan fingerprint density at radius 2 is 1.96 bits per heavy atom. The first kappa shape index (κ1) is 18.4. The molecule has 1 aliphatic rings. The van der Waals surface area contributed by atoms with Gasteiger partial charge in [0.05, 0.1) is 6.04 Å². The van der Waals surface area contributed by atoms with Gasteiger partial charge in [0.25, 0.3) is 0 Å². The second-order valence-corrected chi connectivity index (χ2v) is 7.21. The first-order valence-electron chi connectivity index (χ1n) is 9.15. The molecule has 0 bridgehead atoms. The number of aliphatic carboxylic acids is 1. The van der Waals surface area contributed by atoms with Crippen molar-refractivity contribution in [3.63, 3.8) is 0 Å². The molecule has 2 heterocycles. The topological polar surface area (TPSA) is 56.7 Å². The van der Waals surface area contributed by atoms with E-state index in [0.717, 1.165) is 41.8 Å². The van der Waals surface area contributed by atoms with Crippen LogP contribution in [-0.2, 0) is 4.79 Å². The summed E-state index contributed by atoms with van der Waals surface area (Å²) in [6, 6.07) is 9.93. The van der Waals surface area contributed by atoms with Crippen molar-refractivity contribution >= 4 is 11.7 Å². The zero-order valence-corrected chi connectivity index (χ0v) is 15.7. The van der Waals surface area contributed by atoms with Gasteiger partial charge in [-0.3, -0.25) is 14.7 Å². The van der Waals surface area contributed by atoms with E-state index in [4.69, 9.17) is 0 Å². The standard InChI is InChI=1S/C21H27N3O2/c1-15-14-22-12-11-18(15)20(16-7-9-17(10-8-16)23(2)3)24-13-5-4-6-19(24)21(25)26/h7-12,14,19-20H,4-6,13H2,1-3H3,(H,25,26). The number of likely N-dealkylation sites (tertiary alicyclic amines) is 1. The quantitative estimate of drug-likeness (QED) is 0.892. The summed E-state index contributed by atoms with van der Waals surface area (Å²) in [4.78, 5) is 20.3. The summed E-state index contributed by atoms with van der Waals surface area (Å²) in [5.41, 5.74) is 4.47. The van der Waals surface area contributed by atoms with E-state index in [0.29, 0.717) is 6.42 Å². The molecule has 1 N–H and O–H groups in total. The van der Waals surface area contributed by atoms with Gasteiger partial charge in [-0.1, -0.05) is 18.6 Å². The molecule has 0 radical (unpaired) electrons. The monoisotopic (exact) mass is 353 g/mol. The zero-order valence-electron chi connectivity index (χ0n) is 15.7. The Hall–Kier alpha value is -2.40.